The van der Waals surface area contributed by atoms with Crippen LogP contribution in [0.15, 0.2) is 66.7 Å². The maximum Gasteiger partial charge on any atom is 0.0504 e. The summed E-state index contributed by atoms with van der Waals surface area (Å²) in [7, 11) is 0. The summed E-state index contributed by atoms with van der Waals surface area (Å²) in [6, 6.07) is 22.0. The zero-order valence-corrected chi connectivity index (χ0v) is 9.38. The Morgan fingerprint density at radius 2 is 1.71 bits per heavy atom. The van der Waals surface area contributed by atoms with Gasteiger partial charge in [0.15, 0.2) is 0 Å². The predicted molar refractivity (Wildman–Crippen MR) is 70.0 cm³/mol. The van der Waals surface area contributed by atoms with E-state index in [0.717, 1.165) is 16.5 Å². The first-order valence-corrected chi connectivity index (χ1v) is 5.73. The molecular weight excluding hydrogens is 208 g/mol. The highest BCUT2D eigenvalue weighted by atomic mass is 16.3. The van der Waals surface area contributed by atoms with Gasteiger partial charge in [0.2, 0.25) is 0 Å². The molecule has 1 nitrogen and oxygen atoms in total. The first kappa shape index (κ1) is 10.2. The lowest BCUT2D eigenvalue weighted by atomic mass is 10.0. The lowest BCUT2D eigenvalue weighted by Crippen LogP contribution is -1.97. The fraction of sp³-hybridized carbons (Fsp3) is 0.0625. The molecule has 1 atom stereocenters. The molecule has 1 N–H and O–H groups in total. The van der Waals surface area contributed by atoms with Gasteiger partial charge in [-0.05, 0) is 22.4 Å². The molecule has 0 bridgehead atoms. The van der Waals surface area contributed by atoms with Crippen LogP contribution in [0.3, 0.4) is 0 Å². The van der Waals surface area contributed by atoms with Crippen LogP contribution in [0.5, 0.6) is 0 Å². The summed E-state index contributed by atoms with van der Waals surface area (Å²) in [6.07, 6.45) is -0.533. The normalized spacial score (nSPS) is 12.8. The zero-order valence-electron chi connectivity index (χ0n) is 9.38. The Labute approximate surface area is 100 Å². The van der Waals surface area contributed by atoms with Crippen molar-refractivity contribution in [3.05, 3.63) is 77.9 Å². The molecule has 0 amide bonds. The third-order valence-corrected chi connectivity index (χ3v) is 3.09. The van der Waals surface area contributed by atoms with E-state index >= 15 is 0 Å². The predicted octanol–water partition coefficient (Wildman–Crippen LogP) is 3.64. The maximum absolute atomic E-state index is 10.2. The van der Waals surface area contributed by atoms with Gasteiger partial charge in [0, 0.05) is 0 Å². The maximum atomic E-state index is 10.2. The van der Waals surface area contributed by atoms with Gasteiger partial charge in [-0.3, -0.25) is 0 Å². The summed E-state index contributed by atoms with van der Waals surface area (Å²) in [4.78, 5) is 0. The van der Waals surface area contributed by atoms with Crippen LogP contribution in [0, 0.1) is 0 Å². The minimum absolute atomic E-state index is 0.533. The van der Waals surface area contributed by atoms with Crippen LogP contribution >= 0.6 is 0 Å². The van der Waals surface area contributed by atoms with E-state index in [4.69, 9.17) is 0 Å². The Morgan fingerprint density at radius 1 is 0.882 bits per heavy atom. The lowest BCUT2D eigenvalue weighted by molar-refractivity contribution is 0.221. The van der Waals surface area contributed by atoms with Crippen LogP contribution in [0.25, 0.3) is 10.8 Å². The van der Waals surface area contributed by atoms with E-state index in [1.54, 1.807) is 0 Å². The zero-order chi connectivity index (χ0) is 11.7. The molecule has 3 rings (SSSR count). The van der Waals surface area contributed by atoms with E-state index in [1.165, 1.54) is 5.39 Å². The minimum Gasteiger partial charge on any atom is -0.397 e. The molecule has 0 saturated heterocycles. The summed E-state index contributed by atoms with van der Waals surface area (Å²) < 4.78 is 0. The molecule has 84 valence electrons. The fourth-order valence-corrected chi connectivity index (χ4v) is 2.14. The highest BCUT2D eigenvalue weighted by Crippen LogP contribution is 2.25. The number of aliphatic hydroxyl groups excluding tert-OH is 1. The Kier molecular flexibility index (Phi) is 2.46. The molecule has 0 aliphatic carbocycles. The molecule has 1 unspecified atom stereocenters. The van der Waals surface area contributed by atoms with Gasteiger partial charge < -0.3 is 5.11 Å². The van der Waals surface area contributed by atoms with Crippen LogP contribution in [-0.2, 0) is 0 Å². The number of aliphatic hydroxyl groups is 1. The second kappa shape index (κ2) is 4.11. The van der Waals surface area contributed by atoms with Crippen molar-refractivity contribution in [2.45, 2.75) is 6.10 Å². The number of benzene rings is 2. The van der Waals surface area contributed by atoms with Gasteiger partial charge in [0.05, 0.1) is 6.10 Å². The van der Waals surface area contributed by atoms with Crippen molar-refractivity contribution in [2.24, 2.45) is 0 Å². The molecular formula is C16H13O-. The molecule has 0 heterocycles. The molecule has 0 aliphatic heterocycles. The molecule has 3 aromatic carbocycles. The van der Waals surface area contributed by atoms with Crippen LogP contribution < -0.4 is 0 Å². The highest BCUT2D eigenvalue weighted by Gasteiger charge is 2.05. The number of fused-ring (bicyclic) bond motifs is 1. The van der Waals surface area contributed by atoms with Crippen LogP contribution in [-0.4, -0.2) is 5.11 Å². The van der Waals surface area contributed by atoms with Gasteiger partial charge >= 0.3 is 0 Å². The number of rotatable bonds is 2. The third kappa shape index (κ3) is 1.85. The van der Waals surface area contributed by atoms with Crippen molar-refractivity contribution in [2.75, 3.05) is 0 Å². The Bertz CT molecular complexity index is 623. The second-order valence-electron chi connectivity index (χ2n) is 4.23. The molecule has 3 aromatic rings. The Hall–Kier alpha value is -1.99. The van der Waals surface area contributed by atoms with Crippen molar-refractivity contribution in [3.63, 3.8) is 0 Å². The Balaban J connectivity index is 2.06. The summed E-state index contributed by atoms with van der Waals surface area (Å²) >= 11 is 0. The molecule has 17 heavy (non-hydrogen) atoms. The van der Waals surface area contributed by atoms with Gasteiger partial charge in [-0.1, -0.05) is 36.4 Å². The number of hydrogen-bond donors (Lipinski definition) is 1. The highest BCUT2D eigenvalue weighted by molar-refractivity contribution is 5.83. The minimum atomic E-state index is -0.533. The van der Waals surface area contributed by atoms with Gasteiger partial charge in [-0.2, -0.15) is 23.8 Å². The Morgan fingerprint density at radius 3 is 2.47 bits per heavy atom. The van der Waals surface area contributed by atoms with E-state index in [-0.39, 0.29) is 0 Å². The van der Waals surface area contributed by atoms with Crippen molar-refractivity contribution in [1.82, 2.24) is 0 Å². The molecule has 0 aromatic heterocycles. The number of hydrogen-bond acceptors (Lipinski definition) is 1. The van der Waals surface area contributed by atoms with Crippen molar-refractivity contribution in [1.29, 1.82) is 0 Å². The molecule has 0 fully saturated rings. The van der Waals surface area contributed by atoms with Crippen molar-refractivity contribution < 1.29 is 5.11 Å². The fourth-order valence-electron chi connectivity index (χ4n) is 2.14. The summed E-state index contributed by atoms with van der Waals surface area (Å²) in [6.45, 7) is 0. The molecule has 0 radical (unpaired) electrons. The van der Waals surface area contributed by atoms with Crippen LogP contribution in [0.1, 0.15) is 17.2 Å². The van der Waals surface area contributed by atoms with E-state index in [0.29, 0.717) is 0 Å². The van der Waals surface area contributed by atoms with E-state index < -0.39 is 6.10 Å². The van der Waals surface area contributed by atoms with Crippen LogP contribution in [0.2, 0.25) is 0 Å². The topological polar surface area (TPSA) is 20.2 Å². The van der Waals surface area contributed by atoms with Crippen molar-refractivity contribution in [3.8, 4) is 0 Å². The van der Waals surface area contributed by atoms with Gasteiger partial charge in [0.25, 0.3) is 0 Å². The van der Waals surface area contributed by atoms with Crippen LogP contribution in [0.4, 0.5) is 0 Å². The monoisotopic (exact) mass is 221 g/mol. The lowest BCUT2D eigenvalue weighted by Gasteiger charge is -2.15. The summed E-state index contributed by atoms with van der Waals surface area (Å²) in [5, 5.41) is 12.6. The van der Waals surface area contributed by atoms with Gasteiger partial charge in [0.1, 0.15) is 0 Å². The van der Waals surface area contributed by atoms with Gasteiger partial charge in [-0.15, -0.1) is 0 Å². The molecule has 0 spiro atoms. The molecule has 1 heteroatoms. The second-order valence-corrected chi connectivity index (χ2v) is 4.23. The smallest absolute Gasteiger partial charge is 0.0504 e. The van der Waals surface area contributed by atoms with E-state index in [1.807, 2.05) is 48.5 Å². The quantitative estimate of drug-likeness (QED) is 0.655. The average Bonchev–Trinajstić information content (AvgIpc) is 2.91. The third-order valence-electron chi connectivity index (χ3n) is 3.09. The molecule has 0 saturated carbocycles. The SMILES string of the molecule is OC(c1cc[cH-]c1)c1ccc2ccccc2c1. The largest absolute Gasteiger partial charge is 0.397 e. The summed E-state index contributed by atoms with van der Waals surface area (Å²) in [5.41, 5.74) is 1.88. The standard InChI is InChI=1S/C16H13O/c17-16(13-6-2-3-7-13)15-10-9-12-5-1-4-8-14(12)11-15/h1-11,16-17H/q-1. The van der Waals surface area contributed by atoms with E-state index in [9.17, 15) is 5.11 Å². The first-order chi connectivity index (χ1) is 8.34. The first-order valence-electron chi connectivity index (χ1n) is 5.73. The summed E-state index contributed by atoms with van der Waals surface area (Å²) in [5.74, 6) is 0. The molecule has 0 aliphatic rings. The average molecular weight is 221 g/mol. The van der Waals surface area contributed by atoms with Crippen molar-refractivity contribution >= 4 is 10.8 Å². The van der Waals surface area contributed by atoms with E-state index in [2.05, 4.69) is 18.2 Å². The van der Waals surface area contributed by atoms with Gasteiger partial charge in [-0.25, -0.2) is 6.07 Å².